The van der Waals surface area contributed by atoms with Gasteiger partial charge in [0.05, 0.1) is 6.42 Å². The molecule has 1 heterocycles. The van der Waals surface area contributed by atoms with Gasteiger partial charge < -0.3 is 10.4 Å². The number of nitrogens with zero attached hydrogens (tertiary/aromatic N) is 2. The van der Waals surface area contributed by atoms with E-state index in [0.717, 1.165) is 49.4 Å². The van der Waals surface area contributed by atoms with Gasteiger partial charge in [0, 0.05) is 23.7 Å². The lowest BCUT2D eigenvalue weighted by molar-refractivity contribution is -0.136. The van der Waals surface area contributed by atoms with Crippen LogP contribution < -0.4 is 5.32 Å². The van der Waals surface area contributed by atoms with Crippen LogP contribution in [0, 0.1) is 0 Å². The van der Waals surface area contributed by atoms with Crippen molar-refractivity contribution in [1.29, 1.82) is 0 Å². The van der Waals surface area contributed by atoms with Gasteiger partial charge in [0.15, 0.2) is 0 Å². The number of aryl methyl sites for hydroxylation is 1. The smallest absolute Gasteiger partial charge is 0.305 e. The highest BCUT2D eigenvalue weighted by atomic mass is 16.4. The maximum atomic E-state index is 10.7. The van der Waals surface area contributed by atoms with Gasteiger partial charge in [0.25, 0.3) is 0 Å². The Bertz CT molecular complexity index is 499. The lowest BCUT2D eigenvalue weighted by Crippen LogP contribution is -2.17. The molecule has 0 amide bonds. The van der Waals surface area contributed by atoms with Crippen molar-refractivity contribution in [3.63, 3.8) is 0 Å². The molecule has 0 bridgehead atoms. The molecule has 1 aromatic rings. The molecule has 5 nitrogen and oxygen atoms in total. The molecule has 0 radical (unpaired) electrons. The second-order valence-electron chi connectivity index (χ2n) is 5.65. The predicted octanol–water partition coefficient (Wildman–Crippen LogP) is 3.15. The van der Waals surface area contributed by atoms with Crippen molar-refractivity contribution in [2.24, 2.45) is 0 Å². The normalized spacial score (nSPS) is 14.0. The third kappa shape index (κ3) is 3.93. The molecule has 0 saturated carbocycles. The van der Waals surface area contributed by atoms with Crippen LogP contribution in [0.3, 0.4) is 0 Å². The summed E-state index contributed by atoms with van der Waals surface area (Å²) in [6.45, 7) is 4.74. The molecule has 21 heavy (non-hydrogen) atoms. The summed E-state index contributed by atoms with van der Waals surface area (Å²) >= 11 is 0. The molecule has 116 valence electrons. The van der Waals surface area contributed by atoms with E-state index >= 15 is 0 Å². The van der Waals surface area contributed by atoms with E-state index in [1.165, 1.54) is 12.0 Å². The van der Waals surface area contributed by atoms with Crippen molar-refractivity contribution in [1.82, 2.24) is 9.97 Å². The van der Waals surface area contributed by atoms with E-state index in [0.29, 0.717) is 12.5 Å². The summed E-state index contributed by atoms with van der Waals surface area (Å²) in [6, 6.07) is 0. The Morgan fingerprint density at radius 3 is 2.62 bits per heavy atom. The molecule has 1 aliphatic carbocycles. The quantitative estimate of drug-likeness (QED) is 0.807. The monoisotopic (exact) mass is 291 g/mol. The largest absolute Gasteiger partial charge is 0.481 e. The summed E-state index contributed by atoms with van der Waals surface area (Å²) in [5, 5.41) is 12.0. The number of aromatic nitrogens is 2. The Morgan fingerprint density at radius 2 is 1.95 bits per heavy atom. The zero-order valence-electron chi connectivity index (χ0n) is 13.0. The zero-order valence-corrected chi connectivity index (χ0v) is 13.0. The minimum Gasteiger partial charge on any atom is -0.481 e. The molecule has 1 aromatic heterocycles. The number of carbonyl (C=O) groups is 1. The predicted molar refractivity (Wildman–Crippen MR) is 82.7 cm³/mol. The number of nitrogens with one attached hydrogen (secondary N) is 1. The van der Waals surface area contributed by atoms with E-state index in [4.69, 9.17) is 15.1 Å². The van der Waals surface area contributed by atoms with Crippen LogP contribution in [0.15, 0.2) is 0 Å². The van der Waals surface area contributed by atoms with Gasteiger partial charge in [-0.05, 0) is 38.5 Å². The molecule has 2 N–H and O–H groups in total. The topological polar surface area (TPSA) is 75.1 Å². The van der Waals surface area contributed by atoms with Gasteiger partial charge in [-0.3, -0.25) is 4.79 Å². The lowest BCUT2D eigenvalue weighted by atomic mass is 9.95. The third-order valence-corrected chi connectivity index (χ3v) is 4.18. The summed E-state index contributed by atoms with van der Waals surface area (Å²) in [5.41, 5.74) is 2.36. The first-order valence-electron chi connectivity index (χ1n) is 8.01. The third-order valence-electron chi connectivity index (χ3n) is 4.18. The van der Waals surface area contributed by atoms with E-state index in [9.17, 15) is 4.79 Å². The Kier molecular flexibility index (Phi) is 5.53. The lowest BCUT2D eigenvalue weighted by Gasteiger charge is -2.22. The van der Waals surface area contributed by atoms with E-state index in [-0.39, 0.29) is 6.42 Å². The molecule has 0 fully saturated rings. The highest BCUT2D eigenvalue weighted by Crippen LogP contribution is 2.29. The average Bonchev–Trinajstić information content (AvgIpc) is 2.48. The van der Waals surface area contributed by atoms with E-state index < -0.39 is 5.97 Å². The summed E-state index contributed by atoms with van der Waals surface area (Å²) in [4.78, 5) is 20.2. The van der Waals surface area contributed by atoms with Gasteiger partial charge in [0.1, 0.15) is 11.6 Å². The number of carboxylic acids is 1. The highest BCUT2D eigenvalue weighted by Gasteiger charge is 2.20. The van der Waals surface area contributed by atoms with Gasteiger partial charge in [0.2, 0.25) is 0 Å². The first-order valence-corrected chi connectivity index (χ1v) is 8.01. The fourth-order valence-electron chi connectivity index (χ4n) is 2.88. The Hall–Kier alpha value is -1.65. The van der Waals surface area contributed by atoms with Gasteiger partial charge in [-0.2, -0.15) is 0 Å². The van der Waals surface area contributed by atoms with Crippen molar-refractivity contribution >= 4 is 11.8 Å². The van der Waals surface area contributed by atoms with Gasteiger partial charge in [-0.15, -0.1) is 0 Å². The molecule has 0 aromatic carbocycles. The van der Waals surface area contributed by atoms with E-state index in [1.807, 2.05) is 0 Å². The summed E-state index contributed by atoms with van der Waals surface area (Å²) < 4.78 is 0. The van der Waals surface area contributed by atoms with Crippen molar-refractivity contribution in [3.05, 3.63) is 17.1 Å². The Balaban J connectivity index is 2.26. The summed E-state index contributed by atoms with van der Waals surface area (Å²) in [6.07, 6.45) is 6.52. The number of hydrogen-bond donors (Lipinski definition) is 2. The zero-order chi connectivity index (χ0) is 15.2. The standard InChI is InChI=1S/C16H25N3O2/c1-3-11(4-2)15-18-13-8-6-5-7-12(13)16(19-15)17-10-9-14(20)21/h11H,3-10H2,1-2H3,(H,20,21)(H,17,18,19). The molecule has 0 saturated heterocycles. The molecule has 0 spiro atoms. The highest BCUT2D eigenvalue weighted by molar-refractivity contribution is 5.67. The summed E-state index contributed by atoms with van der Waals surface area (Å²) in [5.74, 6) is 1.38. The van der Waals surface area contributed by atoms with Gasteiger partial charge >= 0.3 is 5.97 Å². The minimum atomic E-state index is -0.786. The molecular formula is C16H25N3O2. The van der Waals surface area contributed by atoms with Crippen LogP contribution in [0.2, 0.25) is 0 Å². The molecular weight excluding hydrogens is 266 g/mol. The van der Waals surface area contributed by atoms with Crippen molar-refractivity contribution in [3.8, 4) is 0 Å². The molecule has 0 unspecified atom stereocenters. The number of hydrogen-bond acceptors (Lipinski definition) is 4. The molecule has 1 aliphatic rings. The van der Waals surface area contributed by atoms with Gasteiger partial charge in [-0.25, -0.2) is 9.97 Å². The first kappa shape index (κ1) is 15.7. The van der Waals surface area contributed by atoms with Crippen LogP contribution >= 0.6 is 0 Å². The van der Waals surface area contributed by atoms with Gasteiger partial charge in [-0.1, -0.05) is 13.8 Å². The number of fused-ring (bicyclic) bond motifs is 1. The van der Waals surface area contributed by atoms with Crippen LogP contribution in [-0.4, -0.2) is 27.6 Å². The first-order chi connectivity index (χ1) is 10.2. The number of anilines is 1. The van der Waals surface area contributed by atoms with Crippen LogP contribution in [-0.2, 0) is 17.6 Å². The maximum absolute atomic E-state index is 10.7. The van der Waals surface area contributed by atoms with Crippen LogP contribution in [0.5, 0.6) is 0 Å². The van der Waals surface area contributed by atoms with Crippen molar-refractivity contribution in [2.45, 2.75) is 64.7 Å². The molecule has 0 atom stereocenters. The fourth-order valence-corrected chi connectivity index (χ4v) is 2.88. The second kappa shape index (κ2) is 7.38. The number of aliphatic carboxylic acids is 1. The summed E-state index contributed by atoms with van der Waals surface area (Å²) in [7, 11) is 0. The number of rotatable bonds is 7. The van der Waals surface area contributed by atoms with E-state index in [2.05, 4.69) is 19.2 Å². The SMILES string of the molecule is CCC(CC)c1nc2c(c(NCCC(=O)O)n1)CCCC2. The van der Waals surface area contributed by atoms with Crippen LogP contribution in [0.4, 0.5) is 5.82 Å². The fraction of sp³-hybridized carbons (Fsp3) is 0.688. The Labute approximate surface area is 126 Å². The molecule has 0 aliphatic heterocycles. The number of carboxylic acid groups (broad SMARTS) is 1. The van der Waals surface area contributed by atoms with E-state index in [1.54, 1.807) is 0 Å². The van der Waals surface area contributed by atoms with Crippen LogP contribution in [0.25, 0.3) is 0 Å². The minimum absolute atomic E-state index is 0.110. The average molecular weight is 291 g/mol. The van der Waals surface area contributed by atoms with Crippen LogP contribution in [0.1, 0.15) is 69.0 Å². The van der Waals surface area contributed by atoms with Crippen molar-refractivity contribution in [2.75, 3.05) is 11.9 Å². The molecule has 2 rings (SSSR count). The van der Waals surface area contributed by atoms with Crippen molar-refractivity contribution < 1.29 is 9.90 Å². The Morgan fingerprint density at radius 1 is 1.24 bits per heavy atom. The maximum Gasteiger partial charge on any atom is 0.305 e. The second-order valence-corrected chi connectivity index (χ2v) is 5.65. The molecule has 5 heteroatoms.